The molecule has 1 aliphatic carbocycles. The van der Waals surface area contributed by atoms with Crippen molar-refractivity contribution in [3.8, 4) is 0 Å². The smallest absolute Gasteiger partial charge is 0.263 e. The maximum absolute atomic E-state index is 12.3. The van der Waals surface area contributed by atoms with E-state index in [1.165, 1.54) is 11.3 Å². The highest BCUT2D eigenvalue weighted by molar-refractivity contribution is 7.71. The average Bonchev–Trinajstić information content (AvgIpc) is 2.62. The molecule has 1 unspecified atom stereocenters. The van der Waals surface area contributed by atoms with Crippen LogP contribution in [0, 0.1) is 10.2 Å². The summed E-state index contributed by atoms with van der Waals surface area (Å²) in [5.41, 5.74) is 0.255. The standard InChI is InChI=1S/C11H12N2OS2/c1-11(2)5-7(11)13-9(14)6-3-4-16-8(6)12-10(13)15/h3-4,7H,5H2,1-2H3,(H,12,15). The highest BCUT2D eigenvalue weighted by atomic mass is 32.1. The molecular weight excluding hydrogens is 240 g/mol. The summed E-state index contributed by atoms with van der Waals surface area (Å²) in [6, 6.07) is 2.12. The summed E-state index contributed by atoms with van der Waals surface area (Å²) < 4.78 is 2.29. The Labute approximate surface area is 102 Å². The molecule has 0 spiro atoms. The second-order valence-electron chi connectivity index (χ2n) is 4.98. The summed E-state index contributed by atoms with van der Waals surface area (Å²) in [6.07, 6.45) is 1.03. The Balaban J connectivity index is 2.33. The van der Waals surface area contributed by atoms with Crippen LogP contribution in [0.5, 0.6) is 0 Å². The Morgan fingerprint density at radius 3 is 2.94 bits per heavy atom. The lowest BCUT2D eigenvalue weighted by Gasteiger charge is -2.07. The lowest BCUT2D eigenvalue weighted by molar-refractivity contribution is 0.524. The number of fused-ring (bicyclic) bond motifs is 1. The third-order valence-electron chi connectivity index (χ3n) is 3.33. The number of hydrogen-bond acceptors (Lipinski definition) is 3. The Hall–Kier alpha value is -0.940. The molecule has 2 heterocycles. The molecule has 16 heavy (non-hydrogen) atoms. The van der Waals surface area contributed by atoms with Crippen molar-refractivity contribution in [3.63, 3.8) is 0 Å². The molecule has 0 radical (unpaired) electrons. The highest BCUT2D eigenvalue weighted by Gasteiger charge is 2.48. The van der Waals surface area contributed by atoms with E-state index in [1.807, 2.05) is 11.4 Å². The van der Waals surface area contributed by atoms with Gasteiger partial charge in [-0.25, -0.2) is 0 Å². The number of aromatic amines is 1. The summed E-state index contributed by atoms with van der Waals surface area (Å²) in [4.78, 5) is 16.3. The molecule has 1 aliphatic rings. The van der Waals surface area contributed by atoms with Gasteiger partial charge >= 0.3 is 0 Å². The summed E-state index contributed by atoms with van der Waals surface area (Å²) in [5, 5.41) is 2.67. The lowest BCUT2D eigenvalue weighted by Crippen LogP contribution is -2.22. The molecule has 1 fully saturated rings. The van der Waals surface area contributed by atoms with Crippen molar-refractivity contribution in [3.05, 3.63) is 26.6 Å². The molecule has 5 heteroatoms. The first kappa shape index (κ1) is 10.2. The molecule has 3 nitrogen and oxygen atoms in total. The zero-order valence-electron chi connectivity index (χ0n) is 9.11. The van der Waals surface area contributed by atoms with E-state index in [-0.39, 0.29) is 17.0 Å². The largest absolute Gasteiger partial charge is 0.323 e. The van der Waals surface area contributed by atoms with Crippen molar-refractivity contribution in [2.75, 3.05) is 0 Å². The van der Waals surface area contributed by atoms with Gasteiger partial charge in [0, 0.05) is 6.04 Å². The van der Waals surface area contributed by atoms with Crippen LogP contribution in [0.25, 0.3) is 10.2 Å². The minimum absolute atomic E-state index is 0.0515. The van der Waals surface area contributed by atoms with Gasteiger partial charge in [0.25, 0.3) is 5.56 Å². The van der Waals surface area contributed by atoms with E-state index in [1.54, 1.807) is 4.57 Å². The van der Waals surface area contributed by atoms with Crippen molar-refractivity contribution in [1.82, 2.24) is 9.55 Å². The van der Waals surface area contributed by atoms with Gasteiger partial charge in [0.05, 0.1) is 5.39 Å². The molecule has 0 aliphatic heterocycles. The first-order valence-electron chi connectivity index (χ1n) is 5.23. The Morgan fingerprint density at radius 1 is 1.62 bits per heavy atom. The van der Waals surface area contributed by atoms with E-state index in [4.69, 9.17) is 12.2 Å². The molecule has 1 N–H and O–H groups in total. The number of nitrogens with one attached hydrogen (secondary N) is 1. The van der Waals surface area contributed by atoms with Crippen LogP contribution in [0.4, 0.5) is 0 Å². The van der Waals surface area contributed by atoms with Crippen LogP contribution in [0.2, 0.25) is 0 Å². The molecule has 3 rings (SSSR count). The number of aromatic nitrogens is 2. The monoisotopic (exact) mass is 252 g/mol. The molecule has 0 saturated heterocycles. The second kappa shape index (κ2) is 3.05. The number of nitrogens with zero attached hydrogens (tertiary/aromatic N) is 1. The van der Waals surface area contributed by atoms with Crippen LogP contribution < -0.4 is 5.56 Å². The van der Waals surface area contributed by atoms with Gasteiger partial charge in [-0.05, 0) is 35.5 Å². The predicted octanol–water partition coefficient (Wildman–Crippen LogP) is 3.09. The molecule has 0 amide bonds. The van der Waals surface area contributed by atoms with Crippen molar-refractivity contribution in [2.24, 2.45) is 5.41 Å². The fourth-order valence-electron chi connectivity index (χ4n) is 2.12. The molecule has 2 aromatic heterocycles. The fraction of sp³-hybridized carbons (Fsp3) is 0.455. The van der Waals surface area contributed by atoms with E-state index in [0.717, 1.165) is 16.6 Å². The minimum Gasteiger partial charge on any atom is -0.323 e. The normalized spacial score (nSPS) is 22.5. The van der Waals surface area contributed by atoms with Gasteiger partial charge in [0.1, 0.15) is 4.83 Å². The summed E-state index contributed by atoms with van der Waals surface area (Å²) in [6.45, 7) is 4.33. The van der Waals surface area contributed by atoms with Crippen LogP contribution in [-0.4, -0.2) is 9.55 Å². The van der Waals surface area contributed by atoms with Gasteiger partial charge in [0.2, 0.25) is 0 Å². The maximum Gasteiger partial charge on any atom is 0.263 e. The van der Waals surface area contributed by atoms with E-state index in [9.17, 15) is 4.79 Å². The van der Waals surface area contributed by atoms with Gasteiger partial charge < -0.3 is 4.98 Å². The summed E-state index contributed by atoms with van der Waals surface area (Å²) in [5.74, 6) is 0. The maximum atomic E-state index is 12.3. The van der Waals surface area contributed by atoms with Gasteiger partial charge in [-0.15, -0.1) is 11.3 Å². The van der Waals surface area contributed by atoms with Crippen LogP contribution in [0.15, 0.2) is 16.2 Å². The van der Waals surface area contributed by atoms with Gasteiger partial charge in [0.15, 0.2) is 4.77 Å². The van der Waals surface area contributed by atoms with Crippen LogP contribution in [-0.2, 0) is 0 Å². The number of H-pyrrole nitrogens is 1. The first-order chi connectivity index (χ1) is 7.50. The van der Waals surface area contributed by atoms with Crippen molar-refractivity contribution in [1.29, 1.82) is 0 Å². The average molecular weight is 252 g/mol. The zero-order valence-corrected chi connectivity index (χ0v) is 10.7. The van der Waals surface area contributed by atoms with E-state index < -0.39 is 0 Å². The Kier molecular flexibility index (Phi) is 1.95. The molecule has 1 atom stereocenters. The van der Waals surface area contributed by atoms with Crippen molar-refractivity contribution >= 4 is 33.8 Å². The van der Waals surface area contributed by atoms with Crippen LogP contribution >= 0.6 is 23.6 Å². The molecule has 0 aromatic carbocycles. The quantitative estimate of drug-likeness (QED) is 0.792. The third-order valence-corrected chi connectivity index (χ3v) is 4.46. The predicted molar refractivity (Wildman–Crippen MR) is 68.7 cm³/mol. The summed E-state index contributed by atoms with van der Waals surface area (Å²) in [7, 11) is 0. The summed E-state index contributed by atoms with van der Waals surface area (Å²) >= 11 is 6.79. The zero-order chi connectivity index (χ0) is 11.5. The molecule has 1 saturated carbocycles. The molecule has 0 bridgehead atoms. The van der Waals surface area contributed by atoms with E-state index >= 15 is 0 Å². The third kappa shape index (κ3) is 1.31. The molecule has 2 aromatic rings. The van der Waals surface area contributed by atoms with Gasteiger partial charge in [-0.1, -0.05) is 13.8 Å². The number of hydrogen-bond donors (Lipinski definition) is 1. The van der Waals surface area contributed by atoms with Crippen LogP contribution in [0.1, 0.15) is 26.3 Å². The second-order valence-corrected chi connectivity index (χ2v) is 6.28. The van der Waals surface area contributed by atoms with Crippen molar-refractivity contribution in [2.45, 2.75) is 26.3 Å². The number of thiophene rings is 1. The fourth-order valence-corrected chi connectivity index (χ4v) is 3.27. The van der Waals surface area contributed by atoms with E-state index in [2.05, 4.69) is 18.8 Å². The minimum atomic E-state index is 0.0515. The lowest BCUT2D eigenvalue weighted by atomic mass is 10.2. The first-order valence-corrected chi connectivity index (χ1v) is 6.51. The number of rotatable bonds is 1. The SMILES string of the molecule is CC1(C)CC1n1c(=S)[nH]c2sccc2c1=O. The molecular formula is C11H12N2OS2. The van der Waals surface area contributed by atoms with Gasteiger partial charge in [-0.2, -0.15) is 0 Å². The molecule has 84 valence electrons. The van der Waals surface area contributed by atoms with E-state index in [0.29, 0.717) is 4.77 Å². The highest BCUT2D eigenvalue weighted by Crippen LogP contribution is 2.54. The Bertz CT molecular complexity index is 677. The van der Waals surface area contributed by atoms with Crippen LogP contribution in [0.3, 0.4) is 0 Å². The Morgan fingerprint density at radius 2 is 2.31 bits per heavy atom. The van der Waals surface area contributed by atoms with Crippen molar-refractivity contribution < 1.29 is 0 Å². The van der Waals surface area contributed by atoms with Gasteiger partial charge in [-0.3, -0.25) is 9.36 Å². The topological polar surface area (TPSA) is 37.8 Å².